The fraction of sp³-hybridized carbons (Fsp3) is 0.800. The van der Waals surface area contributed by atoms with E-state index in [-0.39, 0.29) is 0 Å². The van der Waals surface area contributed by atoms with Crippen molar-refractivity contribution in [2.45, 2.75) is 6.42 Å². The van der Waals surface area contributed by atoms with Gasteiger partial charge in [-0.1, -0.05) is 6.58 Å². The van der Waals surface area contributed by atoms with Gasteiger partial charge in [0.1, 0.15) is 0 Å². The molecule has 0 aromatic rings. The fourth-order valence-electron chi connectivity index (χ4n) is 1.16. The minimum Gasteiger partial charge on any atom is -0.309 e. The molecule has 3 heteroatoms. The van der Waals surface area contributed by atoms with Crippen LogP contribution in [-0.2, 0) is 0 Å². The summed E-state index contributed by atoms with van der Waals surface area (Å²) in [4.78, 5) is 4.46. The molecule has 0 fully saturated rings. The average molecular weight is 205 g/mol. The molecule has 0 rings (SSSR count). The molecule has 0 aromatic heterocycles. The third-order valence-corrected chi connectivity index (χ3v) is 2.21. The van der Waals surface area contributed by atoms with Gasteiger partial charge in [-0.3, -0.25) is 0 Å². The van der Waals surface area contributed by atoms with Gasteiger partial charge in [0.15, 0.2) is 0 Å². The predicted octanol–water partition coefficient (Wildman–Crippen LogP) is 1.66. The maximum Gasteiger partial charge on any atom is 0.0443 e. The number of alkyl halides is 1. The SMILES string of the molecule is C=C(CCl)CN(C)CCCN(C)C. The minimum atomic E-state index is 0.567. The number of likely N-dealkylation sites (N-methyl/N-ethyl adjacent to an activating group) is 1. The van der Waals surface area contributed by atoms with Crippen molar-refractivity contribution in [1.82, 2.24) is 9.80 Å². The summed E-state index contributed by atoms with van der Waals surface area (Å²) in [7, 11) is 6.29. The van der Waals surface area contributed by atoms with E-state index >= 15 is 0 Å². The quantitative estimate of drug-likeness (QED) is 0.460. The summed E-state index contributed by atoms with van der Waals surface area (Å²) in [6, 6.07) is 0. The molecule has 2 nitrogen and oxygen atoms in total. The van der Waals surface area contributed by atoms with E-state index in [4.69, 9.17) is 11.6 Å². The van der Waals surface area contributed by atoms with E-state index in [1.165, 1.54) is 6.42 Å². The topological polar surface area (TPSA) is 6.48 Å². The Balaban J connectivity index is 3.40. The van der Waals surface area contributed by atoms with Crippen LogP contribution in [0.2, 0.25) is 0 Å². The van der Waals surface area contributed by atoms with Gasteiger partial charge in [0.05, 0.1) is 0 Å². The minimum absolute atomic E-state index is 0.567. The van der Waals surface area contributed by atoms with Crippen molar-refractivity contribution < 1.29 is 0 Å². The summed E-state index contributed by atoms with van der Waals surface area (Å²) in [5.41, 5.74) is 1.09. The molecule has 0 saturated heterocycles. The van der Waals surface area contributed by atoms with Crippen LogP contribution in [0.25, 0.3) is 0 Å². The van der Waals surface area contributed by atoms with Crippen LogP contribution >= 0.6 is 11.6 Å². The number of halogens is 1. The lowest BCUT2D eigenvalue weighted by Gasteiger charge is -2.18. The molecule has 0 atom stereocenters. The normalized spacial score (nSPS) is 11.2. The molecule has 0 aliphatic rings. The molecule has 0 aliphatic heterocycles. The Morgan fingerprint density at radius 1 is 1.23 bits per heavy atom. The number of nitrogens with zero attached hydrogens (tertiary/aromatic N) is 2. The zero-order valence-electron chi connectivity index (χ0n) is 9.02. The van der Waals surface area contributed by atoms with Crippen LogP contribution in [0.1, 0.15) is 6.42 Å². The smallest absolute Gasteiger partial charge is 0.0443 e. The lowest BCUT2D eigenvalue weighted by atomic mass is 10.3. The Hall–Kier alpha value is -0.0500. The van der Waals surface area contributed by atoms with Crippen molar-refractivity contribution in [2.24, 2.45) is 0 Å². The molecule has 78 valence electrons. The first-order valence-corrected chi connectivity index (χ1v) is 5.15. The molecule has 0 heterocycles. The van der Waals surface area contributed by atoms with Crippen molar-refractivity contribution in [2.75, 3.05) is 46.7 Å². The standard InChI is InChI=1S/C10H21ClN2/c1-10(8-11)9-13(4)7-5-6-12(2)3/h1,5-9H2,2-4H3. The van der Waals surface area contributed by atoms with E-state index in [0.29, 0.717) is 5.88 Å². The van der Waals surface area contributed by atoms with E-state index < -0.39 is 0 Å². The number of hydrogen-bond acceptors (Lipinski definition) is 2. The van der Waals surface area contributed by atoms with E-state index in [1.807, 2.05) is 0 Å². The summed E-state index contributed by atoms with van der Waals surface area (Å²) in [5, 5.41) is 0. The lowest BCUT2D eigenvalue weighted by molar-refractivity contribution is 0.318. The van der Waals surface area contributed by atoms with Crippen LogP contribution in [0, 0.1) is 0 Å². The molecule has 0 spiro atoms. The molecular formula is C10H21ClN2. The van der Waals surface area contributed by atoms with Crippen LogP contribution < -0.4 is 0 Å². The van der Waals surface area contributed by atoms with E-state index in [1.54, 1.807) is 0 Å². The highest BCUT2D eigenvalue weighted by molar-refractivity contribution is 6.19. The van der Waals surface area contributed by atoms with Gasteiger partial charge in [-0.15, -0.1) is 11.6 Å². The summed E-state index contributed by atoms with van der Waals surface area (Å²) in [6.45, 7) is 7.03. The van der Waals surface area contributed by atoms with Gasteiger partial charge < -0.3 is 9.80 Å². The molecule has 0 N–H and O–H groups in total. The van der Waals surface area contributed by atoms with Crippen molar-refractivity contribution in [1.29, 1.82) is 0 Å². The average Bonchev–Trinajstić information content (AvgIpc) is 2.03. The van der Waals surface area contributed by atoms with Crippen LogP contribution in [-0.4, -0.2) is 56.5 Å². The van der Waals surface area contributed by atoms with Crippen molar-refractivity contribution in [3.05, 3.63) is 12.2 Å². The van der Waals surface area contributed by atoms with Crippen LogP contribution in [0.5, 0.6) is 0 Å². The van der Waals surface area contributed by atoms with Crippen LogP contribution in [0.3, 0.4) is 0 Å². The Kier molecular flexibility index (Phi) is 7.33. The van der Waals surface area contributed by atoms with Crippen molar-refractivity contribution >= 4 is 11.6 Å². The van der Waals surface area contributed by atoms with Gasteiger partial charge in [-0.25, -0.2) is 0 Å². The Morgan fingerprint density at radius 2 is 1.85 bits per heavy atom. The summed E-state index contributed by atoms with van der Waals surface area (Å²) < 4.78 is 0. The molecule has 0 amide bonds. The van der Waals surface area contributed by atoms with Crippen molar-refractivity contribution in [3.63, 3.8) is 0 Å². The van der Waals surface area contributed by atoms with Gasteiger partial charge >= 0.3 is 0 Å². The van der Waals surface area contributed by atoms with Crippen LogP contribution in [0.15, 0.2) is 12.2 Å². The maximum atomic E-state index is 5.65. The van der Waals surface area contributed by atoms with E-state index in [2.05, 4.69) is 37.5 Å². The maximum absolute atomic E-state index is 5.65. The Morgan fingerprint density at radius 3 is 2.31 bits per heavy atom. The number of rotatable bonds is 7. The highest BCUT2D eigenvalue weighted by Gasteiger charge is 2.00. The van der Waals surface area contributed by atoms with Gasteiger partial charge in [0.25, 0.3) is 0 Å². The second-order valence-electron chi connectivity index (χ2n) is 3.78. The third kappa shape index (κ3) is 8.28. The van der Waals surface area contributed by atoms with E-state index in [0.717, 1.165) is 25.2 Å². The highest BCUT2D eigenvalue weighted by Crippen LogP contribution is 1.98. The monoisotopic (exact) mass is 204 g/mol. The van der Waals surface area contributed by atoms with E-state index in [9.17, 15) is 0 Å². The molecule has 0 unspecified atom stereocenters. The van der Waals surface area contributed by atoms with Gasteiger partial charge in [-0.2, -0.15) is 0 Å². The summed E-state index contributed by atoms with van der Waals surface area (Å²) in [6.07, 6.45) is 1.19. The molecular weight excluding hydrogens is 184 g/mol. The molecule has 0 aromatic carbocycles. The first kappa shape index (κ1) is 12.9. The van der Waals surface area contributed by atoms with Gasteiger partial charge in [0, 0.05) is 12.4 Å². The first-order chi connectivity index (χ1) is 6.06. The molecule has 0 saturated carbocycles. The zero-order chi connectivity index (χ0) is 10.3. The van der Waals surface area contributed by atoms with Gasteiger partial charge in [0.2, 0.25) is 0 Å². The molecule has 0 radical (unpaired) electrons. The largest absolute Gasteiger partial charge is 0.309 e. The first-order valence-electron chi connectivity index (χ1n) is 4.62. The van der Waals surface area contributed by atoms with Gasteiger partial charge in [-0.05, 0) is 46.2 Å². The molecule has 0 bridgehead atoms. The summed E-state index contributed by atoms with van der Waals surface area (Å²) >= 11 is 5.65. The third-order valence-electron chi connectivity index (χ3n) is 1.83. The molecule has 13 heavy (non-hydrogen) atoms. The fourth-order valence-corrected chi connectivity index (χ4v) is 1.24. The molecule has 0 aliphatic carbocycles. The van der Waals surface area contributed by atoms with Crippen molar-refractivity contribution in [3.8, 4) is 0 Å². The Bertz CT molecular complexity index is 146. The highest BCUT2D eigenvalue weighted by atomic mass is 35.5. The second-order valence-corrected chi connectivity index (χ2v) is 4.05. The second kappa shape index (κ2) is 7.36. The zero-order valence-corrected chi connectivity index (χ0v) is 9.77. The van der Waals surface area contributed by atoms with Crippen LogP contribution in [0.4, 0.5) is 0 Å². The predicted molar refractivity (Wildman–Crippen MR) is 60.5 cm³/mol. The summed E-state index contributed by atoms with van der Waals surface area (Å²) in [5.74, 6) is 0.567. The Labute approximate surface area is 87.2 Å². The lowest BCUT2D eigenvalue weighted by Crippen LogP contribution is -2.25. The number of hydrogen-bond donors (Lipinski definition) is 0.